The molecule has 0 saturated heterocycles. The summed E-state index contributed by atoms with van der Waals surface area (Å²) in [6.07, 6.45) is 59.9. The molecule has 0 aromatic rings. The number of unbranched alkanes of at least 4 members (excludes halogenated alkanes) is 47. The van der Waals surface area contributed by atoms with Gasteiger partial charge in [-0.2, -0.15) is 0 Å². The molecule has 6 atom stereocenters. The fourth-order valence-electron chi connectivity index (χ4n) is 12.2. The topological polar surface area (TPSA) is 237 Å². The number of rotatable bonds is 78. The van der Waals surface area contributed by atoms with E-state index in [1.807, 2.05) is 0 Å². The first kappa shape index (κ1) is 96.1. The number of ether oxygens (including phenoxy) is 4. The number of phosphoric ester groups is 2. The van der Waals surface area contributed by atoms with Crippen molar-refractivity contribution in [2.45, 2.75) is 432 Å². The van der Waals surface area contributed by atoms with Crippen LogP contribution < -0.4 is 0 Å². The summed E-state index contributed by atoms with van der Waals surface area (Å²) in [7, 11) is -9.91. The third-order valence-electron chi connectivity index (χ3n) is 18.8. The van der Waals surface area contributed by atoms with Crippen molar-refractivity contribution in [1.29, 1.82) is 0 Å². The third kappa shape index (κ3) is 71.1. The molecule has 0 aliphatic carbocycles. The van der Waals surface area contributed by atoms with Crippen LogP contribution in [-0.2, 0) is 65.4 Å². The standard InChI is InChI=1S/C79H154O17P2/c1-7-10-12-14-16-18-20-21-22-23-24-25-26-27-28-33-36-40-44-52-58-64-79(84)95-74(67-89-76(81)61-55-49-42-39-35-32-30-29-31-34-37-41-48-54-60-72(6)9-3)69-93-97(85,86)91-65-73(80)66-92-98(87,88)94-70-75(68-90-77(82)62-56-50-46-45-47-53-59-71(4)5)96-78(83)63-57-51-43-38-19-17-15-13-11-8-2/h71-75,80H,7-70H2,1-6H3,(H,85,86)(H,87,88)/t72?,73-,74-,75-/m1/s1. The van der Waals surface area contributed by atoms with Gasteiger partial charge < -0.3 is 33.8 Å². The van der Waals surface area contributed by atoms with Crippen molar-refractivity contribution < 1.29 is 80.2 Å². The van der Waals surface area contributed by atoms with Crippen LogP contribution in [0.2, 0.25) is 0 Å². The smallest absolute Gasteiger partial charge is 0.462 e. The van der Waals surface area contributed by atoms with E-state index in [1.54, 1.807) is 0 Å². The van der Waals surface area contributed by atoms with Crippen LogP contribution in [0.4, 0.5) is 0 Å². The fraction of sp³-hybridized carbons (Fsp3) is 0.949. The molecule has 0 amide bonds. The predicted octanol–water partition coefficient (Wildman–Crippen LogP) is 23.5. The highest BCUT2D eigenvalue weighted by atomic mass is 31.2. The largest absolute Gasteiger partial charge is 0.472 e. The summed E-state index contributed by atoms with van der Waals surface area (Å²) >= 11 is 0. The van der Waals surface area contributed by atoms with Crippen molar-refractivity contribution in [1.82, 2.24) is 0 Å². The molecule has 0 saturated carbocycles. The van der Waals surface area contributed by atoms with Crippen molar-refractivity contribution in [2.75, 3.05) is 39.6 Å². The highest BCUT2D eigenvalue weighted by Crippen LogP contribution is 2.45. The van der Waals surface area contributed by atoms with E-state index in [9.17, 15) is 43.2 Å². The predicted molar refractivity (Wildman–Crippen MR) is 400 cm³/mol. The van der Waals surface area contributed by atoms with Crippen LogP contribution in [0.3, 0.4) is 0 Å². The molecule has 19 heteroatoms. The van der Waals surface area contributed by atoms with Crippen LogP contribution in [-0.4, -0.2) is 96.7 Å². The molecule has 0 radical (unpaired) electrons. The zero-order chi connectivity index (χ0) is 72.1. The average Bonchev–Trinajstić information content (AvgIpc) is 1.04. The first-order chi connectivity index (χ1) is 47.4. The number of aliphatic hydroxyl groups excluding tert-OH is 1. The second kappa shape index (κ2) is 70.7. The molecular formula is C79H154O17P2. The SMILES string of the molecule is CCCCCCCCCCCCCCCCCCCCCCCC(=O)O[C@H](COC(=O)CCCCCCCCCCCCCCCCC(C)CC)COP(=O)(O)OC[C@@H](O)COP(=O)(O)OC[C@@H](COC(=O)CCCCCCCCC(C)C)OC(=O)CCCCCCCCCCCC. The minimum absolute atomic E-state index is 0.106. The van der Waals surface area contributed by atoms with Crippen LogP contribution >= 0.6 is 15.6 Å². The number of esters is 4. The van der Waals surface area contributed by atoms with E-state index < -0.39 is 97.5 Å². The van der Waals surface area contributed by atoms with Gasteiger partial charge in [0.15, 0.2) is 12.2 Å². The third-order valence-corrected chi connectivity index (χ3v) is 20.7. The van der Waals surface area contributed by atoms with Crippen molar-refractivity contribution in [3.05, 3.63) is 0 Å². The van der Waals surface area contributed by atoms with Crippen LogP contribution in [0.5, 0.6) is 0 Å². The monoisotopic (exact) mass is 1440 g/mol. The molecule has 0 heterocycles. The van der Waals surface area contributed by atoms with Crippen LogP contribution in [0, 0.1) is 11.8 Å². The first-order valence-corrected chi connectivity index (χ1v) is 44.0. The second-order valence-corrected chi connectivity index (χ2v) is 32.1. The Morgan fingerprint density at radius 2 is 0.520 bits per heavy atom. The molecule has 0 aliphatic heterocycles. The van der Waals surface area contributed by atoms with Gasteiger partial charge in [0.05, 0.1) is 26.4 Å². The fourth-order valence-corrected chi connectivity index (χ4v) is 13.7. The quantitative estimate of drug-likeness (QED) is 0.0222. The number of aliphatic hydroxyl groups is 1. The Morgan fingerprint density at radius 1 is 0.296 bits per heavy atom. The summed E-state index contributed by atoms with van der Waals surface area (Å²) in [5, 5.41) is 10.6. The second-order valence-electron chi connectivity index (χ2n) is 29.2. The van der Waals surface area contributed by atoms with Gasteiger partial charge in [-0.1, -0.05) is 363 Å². The summed E-state index contributed by atoms with van der Waals surface area (Å²) in [6.45, 7) is 9.57. The van der Waals surface area contributed by atoms with Gasteiger partial charge in [-0.25, -0.2) is 9.13 Å². The Hall–Kier alpha value is -1.94. The Bertz CT molecular complexity index is 1890. The van der Waals surface area contributed by atoms with Crippen LogP contribution in [0.25, 0.3) is 0 Å². The number of phosphoric acid groups is 2. The molecular weight excluding hydrogens is 1280 g/mol. The van der Waals surface area contributed by atoms with Gasteiger partial charge in [0.2, 0.25) is 0 Å². The van der Waals surface area contributed by atoms with Gasteiger partial charge in [-0.05, 0) is 37.5 Å². The van der Waals surface area contributed by atoms with Crippen LogP contribution in [0.15, 0.2) is 0 Å². The minimum Gasteiger partial charge on any atom is -0.462 e. The normalized spacial score (nSPS) is 14.2. The van der Waals surface area contributed by atoms with E-state index in [0.717, 1.165) is 102 Å². The number of hydrogen-bond donors (Lipinski definition) is 3. The number of hydrogen-bond acceptors (Lipinski definition) is 15. The lowest BCUT2D eigenvalue weighted by Crippen LogP contribution is -2.30. The number of carbonyl (C=O) groups is 4. The van der Waals surface area contributed by atoms with Crippen molar-refractivity contribution in [3.8, 4) is 0 Å². The van der Waals surface area contributed by atoms with E-state index >= 15 is 0 Å². The van der Waals surface area contributed by atoms with Gasteiger partial charge in [0, 0.05) is 25.7 Å². The molecule has 0 spiro atoms. The van der Waals surface area contributed by atoms with E-state index in [4.69, 9.17) is 37.0 Å². The summed E-state index contributed by atoms with van der Waals surface area (Å²) in [5.74, 6) is -0.586. The van der Waals surface area contributed by atoms with Crippen LogP contribution in [0.1, 0.15) is 414 Å². The molecule has 0 aromatic heterocycles. The molecule has 0 aliphatic rings. The summed E-state index contributed by atoms with van der Waals surface area (Å²) in [6, 6.07) is 0. The lowest BCUT2D eigenvalue weighted by Gasteiger charge is -2.21. The molecule has 0 rings (SSSR count). The van der Waals surface area contributed by atoms with Gasteiger partial charge in [-0.15, -0.1) is 0 Å². The summed E-state index contributed by atoms with van der Waals surface area (Å²) in [4.78, 5) is 72.8. The zero-order valence-corrected chi connectivity index (χ0v) is 65.9. The maximum absolute atomic E-state index is 13.1. The maximum Gasteiger partial charge on any atom is 0.472 e. The highest BCUT2D eigenvalue weighted by Gasteiger charge is 2.30. The Morgan fingerprint density at radius 3 is 0.776 bits per heavy atom. The first-order valence-electron chi connectivity index (χ1n) is 41.0. The lowest BCUT2D eigenvalue weighted by molar-refractivity contribution is -0.161. The Labute approximate surface area is 600 Å². The molecule has 0 aromatic carbocycles. The van der Waals surface area contributed by atoms with Crippen molar-refractivity contribution in [3.63, 3.8) is 0 Å². The van der Waals surface area contributed by atoms with Gasteiger partial charge >= 0.3 is 39.5 Å². The molecule has 17 nitrogen and oxygen atoms in total. The van der Waals surface area contributed by atoms with Crippen molar-refractivity contribution in [2.24, 2.45) is 11.8 Å². The molecule has 582 valence electrons. The van der Waals surface area contributed by atoms with Gasteiger partial charge in [0.25, 0.3) is 0 Å². The van der Waals surface area contributed by atoms with Gasteiger partial charge in [0.1, 0.15) is 19.3 Å². The van der Waals surface area contributed by atoms with Crippen molar-refractivity contribution >= 4 is 39.5 Å². The molecule has 3 unspecified atom stereocenters. The van der Waals surface area contributed by atoms with E-state index in [-0.39, 0.29) is 25.7 Å². The van der Waals surface area contributed by atoms with E-state index in [1.165, 1.54) is 225 Å². The average molecular weight is 1440 g/mol. The van der Waals surface area contributed by atoms with E-state index in [2.05, 4.69) is 41.5 Å². The number of carbonyl (C=O) groups excluding carboxylic acids is 4. The lowest BCUT2D eigenvalue weighted by atomic mass is 9.99. The summed E-state index contributed by atoms with van der Waals surface area (Å²) < 4.78 is 68.5. The minimum atomic E-state index is -4.96. The maximum atomic E-state index is 13.1. The highest BCUT2D eigenvalue weighted by molar-refractivity contribution is 7.47. The molecule has 0 bridgehead atoms. The zero-order valence-electron chi connectivity index (χ0n) is 64.1. The molecule has 98 heavy (non-hydrogen) atoms. The molecule has 3 N–H and O–H groups in total. The summed E-state index contributed by atoms with van der Waals surface area (Å²) in [5.41, 5.74) is 0. The van der Waals surface area contributed by atoms with E-state index in [0.29, 0.717) is 31.6 Å². The molecule has 0 fully saturated rings. The van der Waals surface area contributed by atoms with Gasteiger partial charge in [-0.3, -0.25) is 37.3 Å². The Kier molecular flexibility index (Phi) is 69.3. The Balaban J connectivity index is 5.18.